The summed E-state index contributed by atoms with van der Waals surface area (Å²) in [5, 5.41) is 17.0. The zero-order chi connectivity index (χ0) is 20.1. The number of ether oxygens (including phenoxy) is 1. The van der Waals surface area contributed by atoms with Gasteiger partial charge in [-0.05, 0) is 37.8 Å². The van der Waals surface area contributed by atoms with Crippen molar-refractivity contribution in [2.75, 3.05) is 7.11 Å². The molecule has 2 N–H and O–H groups in total. The maximum Gasteiger partial charge on any atom is 0.326 e. The fraction of sp³-hybridized carbons (Fsp3) is 0.579. The van der Waals surface area contributed by atoms with Crippen LogP contribution >= 0.6 is 0 Å². The lowest BCUT2D eigenvalue weighted by Crippen LogP contribution is -2.40. The summed E-state index contributed by atoms with van der Waals surface area (Å²) in [4.78, 5) is 28.2. The Kier molecular flexibility index (Phi) is 6.76. The van der Waals surface area contributed by atoms with Crippen LogP contribution in [0.1, 0.15) is 49.4 Å². The molecule has 0 radical (unpaired) electrons. The summed E-state index contributed by atoms with van der Waals surface area (Å²) in [6.07, 6.45) is 2.77. The van der Waals surface area contributed by atoms with E-state index in [1.807, 2.05) is 27.8 Å². The Balaban J connectivity index is 2.16. The van der Waals surface area contributed by atoms with E-state index in [-0.39, 0.29) is 12.3 Å². The average molecular weight is 376 g/mol. The van der Waals surface area contributed by atoms with E-state index in [1.165, 1.54) is 0 Å². The Morgan fingerprint density at radius 2 is 2.04 bits per heavy atom. The molecule has 0 fully saturated rings. The molecule has 2 aromatic heterocycles. The monoisotopic (exact) mass is 376 g/mol. The van der Waals surface area contributed by atoms with E-state index < -0.39 is 12.0 Å². The fourth-order valence-corrected chi connectivity index (χ4v) is 3.28. The fourth-order valence-electron chi connectivity index (χ4n) is 3.28. The number of carboxylic acids is 1. The van der Waals surface area contributed by atoms with Gasteiger partial charge in [0.15, 0.2) is 5.65 Å². The summed E-state index contributed by atoms with van der Waals surface area (Å²) in [6.45, 7) is 5.86. The number of fused-ring (bicyclic) bond motifs is 1. The second-order valence-electron chi connectivity index (χ2n) is 6.73. The summed E-state index contributed by atoms with van der Waals surface area (Å²) in [6, 6.07) is -0.835. The van der Waals surface area contributed by atoms with E-state index in [0.29, 0.717) is 18.7 Å². The maximum atomic E-state index is 12.3. The van der Waals surface area contributed by atoms with Crippen molar-refractivity contribution in [1.29, 1.82) is 0 Å². The third kappa shape index (κ3) is 4.56. The number of amides is 1. The molecule has 0 saturated heterocycles. The Morgan fingerprint density at radius 3 is 2.63 bits per heavy atom. The molecule has 0 saturated carbocycles. The first kappa shape index (κ1) is 20.7. The van der Waals surface area contributed by atoms with Crippen LogP contribution in [-0.4, -0.2) is 44.9 Å². The van der Waals surface area contributed by atoms with Gasteiger partial charge in [-0.15, -0.1) is 5.10 Å². The molecular formula is C19H28N4O4. The highest BCUT2D eigenvalue weighted by Crippen LogP contribution is 2.30. The van der Waals surface area contributed by atoms with Crippen LogP contribution in [-0.2, 0) is 23.1 Å². The molecule has 0 unspecified atom stereocenters. The van der Waals surface area contributed by atoms with Gasteiger partial charge in [0.05, 0.1) is 12.5 Å². The van der Waals surface area contributed by atoms with Gasteiger partial charge in [0, 0.05) is 19.2 Å². The quantitative estimate of drug-likeness (QED) is 0.695. The Hall–Kier alpha value is -2.64. The molecular weight excluding hydrogens is 348 g/mol. The predicted molar refractivity (Wildman–Crippen MR) is 102 cm³/mol. The minimum atomic E-state index is -0.993. The van der Waals surface area contributed by atoms with Crippen LogP contribution in [0.3, 0.4) is 0 Å². The number of nitrogens with one attached hydrogen (secondary N) is 1. The Bertz CT molecular complexity index is 844. The van der Waals surface area contributed by atoms with Crippen LogP contribution in [0.15, 0.2) is 0 Å². The van der Waals surface area contributed by atoms with Gasteiger partial charge < -0.3 is 15.2 Å². The normalized spacial score (nSPS) is 12.2. The lowest BCUT2D eigenvalue weighted by molar-refractivity contribution is -0.142. The summed E-state index contributed by atoms with van der Waals surface area (Å²) < 4.78 is 7.03. The van der Waals surface area contributed by atoms with Crippen molar-refractivity contribution in [3.05, 3.63) is 16.8 Å². The number of hydrogen-bond acceptors (Lipinski definition) is 5. The molecule has 0 aliphatic heterocycles. The van der Waals surface area contributed by atoms with Crippen molar-refractivity contribution in [1.82, 2.24) is 20.1 Å². The van der Waals surface area contributed by atoms with Gasteiger partial charge in [0.25, 0.3) is 0 Å². The number of carbonyl (C=O) groups is 2. The summed E-state index contributed by atoms with van der Waals surface area (Å²) >= 11 is 0. The van der Waals surface area contributed by atoms with Crippen molar-refractivity contribution in [3.63, 3.8) is 0 Å². The Morgan fingerprint density at radius 1 is 1.33 bits per heavy atom. The minimum absolute atomic E-state index is 0.202. The Labute approximate surface area is 158 Å². The lowest BCUT2D eigenvalue weighted by Gasteiger charge is -2.15. The van der Waals surface area contributed by atoms with Crippen LogP contribution in [0.4, 0.5) is 0 Å². The summed E-state index contributed by atoms with van der Waals surface area (Å²) in [5.74, 6) is -0.753. The smallest absolute Gasteiger partial charge is 0.326 e. The number of carboxylic acid groups (broad SMARTS) is 1. The predicted octanol–water partition coefficient (Wildman–Crippen LogP) is 2.29. The van der Waals surface area contributed by atoms with E-state index in [9.17, 15) is 14.7 Å². The van der Waals surface area contributed by atoms with Gasteiger partial charge in [0.1, 0.15) is 6.04 Å². The van der Waals surface area contributed by atoms with Crippen molar-refractivity contribution < 1.29 is 19.4 Å². The first-order chi connectivity index (χ1) is 12.8. The standard InChI is InChI=1S/C19H28N4O4/c1-6-7-8-14(19(25)26)21-15(24)10-9-13-11(2)16-17(20-12(13)3)23(4)22-18(16)27-5/h14H,6-10H2,1-5H3,(H,21,24)(H,25,26)/t14-/m0/s1. The number of unbranched alkanes of at least 4 members (excludes halogenated alkanes) is 1. The van der Waals surface area contributed by atoms with Gasteiger partial charge in [-0.1, -0.05) is 19.8 Å². The van der Waals surface area contributed by atoms with Crippen LogP contribution in [0, 0.1) is 13.8 Å². The number of carbonyl (C=O) groups excluding carboxylic acids is 1. The highest BCUT2D eigenvalue weighted by molar-refractivity contribution is 5.87. The average Bonchev–Trinajstić information content (AvgIpc) is 2.94. The molecule has 1 amide bonds. The number of aryl methyl sites for hydroxylation is 3. The molecule has 0 bridgehead atoms. The number of aromatic nitrogens is 3. The van der Waals surface area contributed by atoms with Gasteiger partial charge in [-0.25, -0.2) is 14.5 Å². The van der Waals surface area contributed by atoms with Crippen LogP contribution < -0.4 is 10.1 Å². The molecule has 2 aromatic rings. The molecule has 0 aliphatic rings. The zero-order valence-electron chi connectivity index (χ0n) is 16.6. The SMILES string of the molecule is CCCC[C@H](NC(=O)CCc1c(C)nc2c(c(OC)nn2C)c1C)C(=O)O. The molecule has 1 atom stereocenters. The number of nitrogens with zero attached hydrogens (tertiary/aromatic N) is 3. The van der Waals surface area contributed by atoms with E-state index in [2.05, 4.69) is 15.4 Å². The van der Waals surface area contributed by atoms with Crippen molar-refractivity contribution in [2.45, 2.75) is 58.9 Å². The van der Waals surface area contributed by atoms with Crippen LogP contribution in [0.25, 0.3) is 11.0 Å². The van der Waals surface area contributed by atoms with Crippen molar-refractivity contribution in [2.24, 2.45) is 7.05 Å². The first-order valence-electron chi connectivity index (χ1n) is 9.19. The number of hydrogen-bond donors (Lipinski definition) is 2. The molecule has 2 heterocycles. The molecule has 0 spiro atoms. The summed E-state index contributed by atoms with van der Waals surface area (Å²) in [5.41, 5.74) is 3.51. The number of aliphatic carboxylic acids is 1. The molecule has 148 valence electrons. The highest BCUT2D eigenvalue weighted by atomic mass is 16.5. The molecule has 0 aromatic carbocycles. The van der Waals surface area contributed by atoms with Gasteiger partial charge in [-0.2, -0.15) is 0 Å². The number of rotatable bonds is 9. The van der Waals surface area contributed by atoms with E-state index in [0.717, 1.165) is 40.7 Å². The number of pyridine rings is 1. The molecule has 8 nitrogen and oxygen atoms in total. The molecule has 0 aliphatic carbocycles. The maximum absolute atomic E-state index is 12.3. The van der Waals surface area contributed by atoms with Gasteiger partial charge >= 0.3 is 5.97 Å². The highest BCUT2D eigenvalue weighted by Gasteiger charge is 2.21. The van der Waals surface area contributed by atoms with Gasteiger partial charge in [-0.3, -0.25) is 4.79 Å². The minimum Gasteiger partial charge on any atom is -0.480 e. The molecule has 8 heteroatoms. The van der Waals surface area contributed by atoms with Crippen LogP contribution in [0.5, 0.6) is 5.88 Å². The van der Waals surface area contributed by atoms with E-state index in [1.54, 1.807) is 11.8 Å². The van der Waals surface area contributed by atoms with E-state index >= 15 is 0 Å². The second-order valence-corrected chi connectivity index (χ2v) is 6.73. The zero-order valence-corrected chi connectivity index (χ0v) is 16.6. The van der Waals surface area contributed by atoms with Gasteiger partial charge in [0.2, 0.25) is 11.8 Å². The topological polar surface area (TPSA) is 106 Å². The largest absolute Gasteiger partial charge is 0.480 e. The van der Waals surface area contributed by atoms with Crippen molar-refractivity contribution >= 4 is 22.9 Å². The third-order valence-corrected chi connectivity index (χ3v) is 4.80. The molecule has 27 heavy (non-hydrogen) atoms. The van der Waals surface area contributed by atoms with E-state index in [4.69, 9.17) is 4.74 Å². The lowest BCUT2D eigenvalue weighted by atomic mass is 10.00. The van der Waals surface area contributed by atoms with Crippen molar-refractivity contribution in [3.8, 4) is 5.88 Å². The summed E-state index contributed by atoms with van der Waals surface area (Å²) in [7, 11) is 3.38. The third-order valence-electron chi connectivity index (χ3n) is 4.80. The second kappa shape index (κ2) is 8.83. The molecule has 2 rings (SSSR count). The first-order valence-corrected chi connectivity index (χ1v) is 9.19. The number of methoxy groups -OCH3 is 1. The van der Waals surface area contributed by atoms with Crippen LogP contribution in [0.2, 0.25) is 0 Å².